The molecule has 1 unspecified atom stereocenters. The van der Waals surface area contributed by atoms with E-state index in [1.165, 1.54) is 0 Å². The Morgan fingerprint density at radius 1 is 1.47 bits per heavy atom. The first-order valence-electron chi connectivity index (χ1n) is 5.13. The lowest BCUT2D eigenvalue weighted by Gasteiger charge is -2.11. The average molecular weight is 225 g/mol. The number of benzene rings is 1. The molecule has 0 amide bonds. The number of ether oxygens (including phenoxy) is 1. The molecule has 0 fully saturated rings. The fourth-order valence-corrected chi connectivity index (χ4v) is 1.60. The van der Waals surface area contributed by atoms with Gasteiger partial charge < -0.3 is 10.5 Å². The van der Waals surface area contributed by atoms with Gasteiger partial charge >= 0.3 is 0 Å². The third-order valence-corrected chi connectivity index (χ3v) is 2.84. The van der Waals surface area contributed by atoms with Crippen molar-refractivity contribution in [3.63, 3.8) is 0 Å². The van der Waals surface area contributed by atoms with Gasteiger partial charge in [-0.1, -0.05) is 12.1 Å². The topological polar surface area (TPSA) is 35.2 Å². The van der Waals surface area contributed by atoms with E-state index in [-0.39, 0.29) is 6.04 Å². The summed E-state index contributed by atoms with van der Waals surface area (Å²) in [5.74, 6) is 1.99. The van der Waals surface area contributed by atoms with Gasteiger partial charge in [0.25, 0.3) is 0 Å². The maximum Gasteiger partial charge on any atom is 0.122 e. The molecule has 0 bridgehead atoms. The zero-order chi connectivity index (χ0) is 11.3. The van der Waals surface area contributed by atoms with Gasteiger partial charge in [0.05, 0.1) is 6.61 Å². The molecule has 1 aromatic carbocycles. The summed E-state index contributed by atoms with van der Waals surface area (Å²) in [6.45, 7) is 4.81. The zero-order valence-corrected chi connectivity index (χ0v) is 10.4. The van der Waals surface area contributed by atoms with Crippen molar-refractivity contribution in [2.24, 2.45) is 5.73 Å². The number of hydrogen-bond donors (Lipinski definition) is 1. The predicted molar refractivity (Wildman–Crippen MR) is 67.7 cm³/mol. The molecule has 3 heteroatoms. The van der Waals surface area contributed by atoms with Crippen LogP contribution in [-0.4, -0.2) is 18.6 Å². The summed E-state index contributed by atoms with van der Waals surface area (Å²) in [5.41, 5.74) is 8.13. The van der Waals surface area contributed by atoms with Gasteiger partial charge in [-0.25, -0.2) is 0 Å². The Labute approximate surface area is 96.2 Å². The van der Waals surface area contributed by atoms with Crippen molar-refractivity contribution in [2.45, 2.75) is 19.9 Å². The molecule has 0 heterocycles. The Balaban J connectivity index is 2.66. The average Bonchev–Trinajstić information content (AvgIpc) is 2.20. The summed E-state index contributed by atoms with van der Waals surface area (Å²) in [4.78, 5) is 0. The van der Waals surface area contributed by atoms with E-state index in [1.54, 1.807) is 11.8 Å². The molecule has 0 saturated carbocycles. The molecule has 0 aliphatic rings. The highest BCUT2D eigenvalue weighted by Crippen LogP contribution is 2.21. The molecule has 0 aromatic heterocycles. The Morgan fingerprint density at radius 2 is 2.20 bits per heavy atom. The zero-order valence-electron chi connectivity index (χ0n) is 9.62. The first-order valence-corrected chi connectivity index (χ1v) is 6.52. The third-order valence-electron chi connectivity index (χ3n) is 2.27. The van der Waals surface area contributed by atoms with Crippen LogP contribution in [0.1, 0.15) is 24.1 Å². The van der Waals surface area contributed by atoms with Crippen molar-refractivity contribution >= 4 is 11.8 Å². The summed E-state index contributed by atoms with van der Waals surface area (Å²) in [6, 6.07) is 6.23. The van der Waals surface area contributed by atoms with Crippen molar-refractivity contribution in [1.82, 2.24) is 0 Å². The SMILES string of the molecule is CSCCOc1ccc(C(C)N)cc1C. The van der Waals surface area contributed by atoms with Crippen LogP contribution in [0.4, 0.5) is 0 Å². The first-order chi connectivity index (χ1) is 7.15. The maximum atomic E-state index is 5.81. The van der Waals surface area contributed by atoms with E-state index in [2.05, 4.69) is 19.2 Å². The molecule has 1 aromatic rings. The van der Waals surface area contributed by atoms with Crippen molar-refractivity contribution in [3.05, 3.63) is 29.3 Å². The monoisotopic (exact) mass is 225 g/mol. The summed E-state index contributed by atoms with van der Waals surface area (Å²) in [7, 11) is 0. The van der Waals surface area contributed by atoms with Crippen LogP contribution in [0.25, 0.3) is 0 Å². The van der Waals surface area contributed by atoms with Gasteiger partial charge in [0.2, 0.25) is 0 Å². The molecule has 0 spiro atoms. The van der Waals surface area contributed by atoms with Crippen LogP contribution in [0.3, 0.4) is 0 Å². The van der Waals surface area contributed by atoms with E-state index in [4.69, 9.17) is 10.5 Å². The molecule has 15 heavy (non-hydrogen) atoms. The smallest absolute Gasteiger partial charge is 0.122 e. The third kappa shape index (κ3) is 3.76. The standard InChI is InChI=1S/C12H19NOS/c1-9-8-11(10(2)13)4-5-12(9)14-6-7-15-3/h4-5,8,10H,6-7,13H2,1-3H3. The lowest BCUT2D eigenvalue weighted by molar-refractivity contribution is 0.341. The van der Waals surface area contributed by atoms with Crippen molar-refractivity contribution < 1.29 is 4.74 Å². The van der Waals surface area contributed by atoms with Gasteiger partial charge in [-0.05, 0) is 37.3 Å². The summed E-state index contributed by atoms with van der Waals surface area (Å²) >= 11 is 1.79. The number of hydrogen-bond acceptors (Lipinski definition) is 3. The van der Waals surface area contributed by atoms with Crippen LogP contribution < -0.4 is 10.5 Å². The molecule has 1 atom stereocenters. The van der Waals surface area contributed by atoms with Crippen LogP contribution in [0.2, 0.25) is 0 Å². The second-order valence-corrected chi connectivity index (χ2v) is 4.64. The number of rotatable bonds is 5. The molecule has 2 N–H and O–H groups in total. The van der Waals surface area contributed by atoms with E-state index >= 15 is 0 Å². The van der Waals surface area contributed by atoms with E-state index < -0.39 is 0 Å². The molecule has 0 aliphatic heterocycles. The second-order valence-electron chi connectivity index (χ2n) is 3.65. The molecule has 0 radical (unpaired) electrons. The molecule has 0 saturated heterocycles. The van der Waals surface area contributed by atoms with Crippen LogP contribution in [-0.2, 0) is 0 Å². The van der Waals surface area contributed by atoms with Crippen molar-refractivity contribution in [1.29, 1.82) is 0 Å². The molecular weight excluding hydrogens is 206 g/mol. The van der Waals surface area contributed by atoms with Gasteiger partial charge in [0.1, 0.15) is 5.75 Å². The normalized spacial score (nSPS) is 12.5. The molecule has 1 rings (SSSR count). The minimum atomic E-state index is 0.0870. The summed E-state index contributed by atoms with van der Waals surface area (Å²) in [6.07, 6.45) is 2.08. The van der Waals surface area contributed by atoms with Crippen LogP contribution >= 0.6 is 11.8 Å². The minimum absolute atomic E-state index is 0.0870. The first kappa shape index (κ1) is 12.4. The van der Waals surface area contributed by atoms with Crippen molar-refractivity contribution in [2.75, 3.05) is 18.6 Å². The highest BCUT2D eigenvalue weighted by Gasteiger charge is 2.03. The van der Waals surface area contributed by atoms with Gasteiger partial charge in [0, 0.05) is 11.8 Å². The molecule has 84 valence electrons. The lowest BCUT2D eigenvalue weighted by atomic mass is 10.1. The fraction of sp³-hybridized carbons (Fsp3) is 0.500. The lowest BCUT2D eigenvalue weighted by Crippen LogP contribution is -2.06. The maximum absolute atomic E-state index is 5.81. The molecule has 2 nitrogen and oxygen atoms in total. The minimum Gasteiger partial charge on any atom is -0.492 e. The Hall–Kier alpha value is -0.670. The summed E-state index contributed by atoms with van der Waals surface area (Å²) < 4.78 is 5.65. The largest absolute Gasteiger partial charge is 0.492 e. The van der Waals surface area contributed by atoms with Crippen LogP contribution in [0, 0.1) is 6.92 Å². The van der Waals surface area contributed by atoms with Crippen molar-refractivity contribution in [3.8, 4) is 5.75 Å². The quantitative estimate of drug-likeness (QED) is 0.783. The Morgan fingerprint density at radius 3 is 2.73 bits per heavy atom. The van der Waals surface area contributed by atoms with Gasteiger partial charge in [0.15, 0.2) is 0 Å². The number of nitrogens with two attached hydrogens (primary N) is 1. The van der Waals surface area contributed by atoms with E-state index in [1.807, 2.05) is 19.1 Å². The van der Waals surface area contributed by atoms with Crippen LogP contribution in [0.5, 0.6) is 5.75 Å². The highest BCUT2D eigenvalue weighted by molar-refractivity contribution is 7.98. The van der Waals surface area contributed by atoms with E-state index in [0.717, 1.165) is 29.2 Å². The van der Waals surface area contributed by atoms with Gasteiger partial charge in [-0.3, -0.25) is 0 Å². The fourth-order valence-electron chi connectivity index (χ4n) is 1.35. The van der Waals surface area contributed by atoms with Gasteiger partial charge in [-0.15, -0.1) is 0 Å². The Bertz CT molecular complexity index is 312. The highest BCUT2D eigenvalue weighted by atomic mass is 32.2. The Kier molecular flexibility index (Phi) is 4.99. The molecular formula is C12H19NOS. The molecule has 0 aliphatic carbocycles. The van der Waals surface area contributed by atoms with Crippen LogP contribution in [0.15, 0.2) is 18.2 Å². The second kappa shape index (κ2) is 6.03. The predicted octanol–water partition coefficient (Wildman–Crippen LogP) is 2.76. The number of thioether (sulfide) groups is 1. The van der Waals surface area contributed by atoms with E-state index in [0.29, 0.717) is 0 Å². The summed E-state index contributed by atoms with van der Waals surface area (Å²) in [5, 5.41) is 0. The van der Waals surface area contributed by atoms with Gasteiger partial charge in [-0.2, -0.15) is 11.8 Å². The number of aryl methyl sites for hydroxylation is 1. The van der Waals surface area contributed by atoms with E-state index in [9.17, 15) is 0 Å².